The number of amides is 1. The number of hydrogen-bond donors (Lipinski definition) is 0. The molecule has 1 aromatic carbocycles. The number of rotatable bonds is 6. The van der Waals surface area contributed by atoms with E-state index in [0.717, 1.165) is 75.1 Å². The molecule has 1 saturated carbocycles. The summed E-state index contributed by atoms with van der Waals surface area (Å²) >= 11 is 6.54. The molecule has 2 heterocycles. The van der Waals surface area contributed by atoms with Crippen LogP contribution in [0.15, 0.2) is 18.2 Å². The number of aryl methyl sites for hydroxylation is 2. The number of hydrogen-bond acceptors (Lipinski definition) is 4. The van der Waals surface area contributed by atoms with Crippen molar-refractivity contribution >= 4 is 28.4 Å². The fourth-order valence-corrected chi connectivity index (χ4v) is 4.25. The third-order valence-electron chi connectivity index (χ3n) is 6.37. The Bertz CT molecular complexity index is 891. The number of halogens is 1. The standard InChI is InChI=1S/C23H30ClN3O2/c1-16-12-19-14-20(22(24)25-21(19)13-17(16)2)15-27(23(28)18-4-3-5-18)7-6-26-8-10-29-11-9-26/h12-14,18H,3-11,15H2,1-2H3. The zero-order valence-electron chi connectivity index (χ0n) is 17.4. The Morgan fingerprint density at radius 1 is 1.21 bits per heavy atom. The second-order valence-electron chi connectivity index (χ2n) is 8.41. The van der Waals surface area contributed by atoms with Gasteiger partial charge in [0.15, 0.2) is 0 Å². The minimum absolute atomic E-state index is 0.178. The van der Waals surface area contributed by atoms with Gasteiger partial charge in [0.1, 0.15) is 5.15 Å². The molecule has 1 amide bonds. The van der Waals surface area contributed by atoms with Crippen molar-refractivity contribution in [1.29, 1.82) is 0 Å². The van der Waals surface area contributed by atoms with Gasteiger partial charge < -0.3 is 9.64 Å². The van der Waals surface area contributed by atoms with E-state index in [1.165, 1.54) is 11.1 Å². The van der Waals surface area contributed by atoms with E-state index in [1.54, 1.807) is 0 Å². The SMILES string of the molecule is Cc1cc2cc(CN(CCN3CCOCC3)C(=O)C3CCC3)c(Cl)nc2cc1C. The summed E-state index contributed by atoms with van der Waals surface area (Å²) in [6.45, 7) is 9.72. The third kappa shape index (κ3) is 4.73. The van der Waals surface area contributed by atoms with Gasteiger partial charge in [0, 0.05) is 49.6 Å². The molecule has 1 saturated heterocycles. The predicted octanol–water partition coefficient (Wildman–Crippen LogP) is 3.97. The number of ether oxygens (including phenoxy) is 1. The van der Waals surface area contributed by atoms with Crippen molar-refractivity contribution < 1.29 is 9.53 Å². The largest absolute Gasteiger partial charge is 0.379 e. The van der Waals surface area contributed by atoms with Crippen LogP contribution in [0, 0.1) is 19.8 Å². The quantitative estimate of drug-likeness (QED) is 0.670. The number of pyridine rings is 1. The molecule has 0 atom stereocenters. The number of carbonyl (C=O) groups excluding carboxylic acids is 1. The van der Waals surface area contributed by atoms with E-state index in [0.29, 0.717) is 11.7 Å². The molecule has 2 aliphatic rings. The van der Waals surface area contributed by atoms with E-state index in [1.807, 2.05) is 4.90 Å². The highest BCUT2D eigenvalue weighted by atomic mass is 35.5. The van der Waals surface area contributed by atoms with Crippen molar-refractivity contribution in [3.8, 4) is 0 Å². The fourth-order valence-electron chi connectivity index (χ4n) is 4.04. The van der Waals surface area contributed by atoms with E-state index in [9.17, 15) is 4.79 Å². The molecule has 0 bridgehead atoms. The lowest BCUT2D eigenvalue weighted by Gasteiger charge is -2.34. The molecule has 2 fully saturated rings. The Morgan fingerprint density at radius 3 is 2.62 bits per heavy atom. The average molecular weight is 416 g/mol. The Labute approximate surface area is 178 Å². The Morgan fingerprint density at radius 2 is 1.93 bits per heavy atom. The summed E-state index contributed by atoms with van der Waals surface area (Å²) in [5, 5.41) is 1.58. The van der Waals surface area contributed by atoms with E-state index >= 15 is 0 Å². The van der Waals surface area contributed by atoms with Crippen molar-refractivity contribution in [1.82, 2.24) is 14.8 Å². The summed E-state index contributed by atoms with van der Waals surface area (Å²) in [4.78, 5) is 22.1. The van der Waals surface area contributed by atoms with Crippen molar-refractivity contribution in [2.75, 3.05) is 39.4 Å². The molecule has 1 aliphatic heterocycles. The first kappa shape index (κ1) is 20.6. The van der Waals surface area contributed by atoms with Crippen LogP contribution in [0.5, 0.6) is 0 Å². The lowest BCUT2D eigenvalue weighted by molar-refractivity contribution is -0.139. The van der Waals surface area contributed by atoms with Gasteiger partial charge in [-0.05, 0) is 56.0 Å². The van der Waals surface area contributed by atoms with Crippen LogP contribution in [-0.2, 0) is 16.1 Å². The van der Waals surface area contributed by atoms with Crippen LogP contribution in [0.4, 0.5) is 0 Å². The minimum Gasteiger partial charge on any atom is -0.379 e. The summed E-state index contributed by atoms with van der Waals surface area (Å²) in [5.41, 5.74) is 4.28. The van der Waals surface area contributed by atoms with Crippen molar-refractivity contribution in [2.45, 2.75) is 39.7 Å². The first-order valence-corrected chi connectivity index (χ1v) is 11.0. The predicted molar refractivity (Wildman–Crippen MR) is 116 cm³/mol. The summed E-state index contributed by atoms with van der Waals surface area (Å²) in [6.07, 6.45) is 3.18. The maximum Gasteiger partial charge on any atom is 0.226 e. The van der Waals surface area contributed by atoms with E-state index in [4.69, 9.17) is 16.3 Å². The highest BCUT2D eigenvalue weighted by Crippen LogP contribution is 2.30. The molecule has 29 heavy (non-hydrogen) atoms. The van der Waals surface area contributed by atoms with Crippen LogP contribution in [0.2, 0.25) is 5.15 Å². The van der Waals surface area contributed by atoms with Gasteiger partial charge in [-0.2, -0.15) is 0 Å². The Hall–Kier alpha value is -1.69. The molecule has 0 radical (unpaired) electrons. The third-order valence-corrected chi connectivity index (χ3v) is 6.70. The van der Waals surface area contributed by atoms with Crippen LogP contribution in [-0.4, -0.2) is 60.1 Å². The molecule has 0 spiro atoms. The number of benzene rings is 1. The highest BCUT2D eigenvalue weighted by molar-refractivity contribution is 6.30. The molecule has 5 nitrogen and oxygen atoms in total. The second-order valence-corrected chi connectivity index (χ2v) is 8.77. The van der Waals surface area contributed by atoms with Crippen molar-refractivity contribution in [3.05, 3.63) is 40.0 Å². The second kappa shape index (κ2) is 8.99. The van der Waals surface area contributed by atoms with Gasteiger partial charge in [0.05, 0.1) is 18.7 Å². The zero-order chi connectivity index (χ0) is 20.4. The molecule has 0 N–H and O–H groups in total. The maximum absolute atomic E-state index is 13.1. The van der Waals surface area contributed by atoms with Crippen LogP contribution in [0.3, 0.4) is 0 Å². The normalized spacial score (nSPS) is 18.0. The lowest BCUT2D eigenvalue weighted by Crippen LogP contribution is -2.45. The number of fused-ring (bicyclic) bond motifs is 1. The van der Waals surface area contributed by atoms with Crippen LogP contribution in [0.25, 0.3) is 10.9 Å². The van der Waals surface area contributed by atoms with Crippen LogP contribution < -0.4 is 0 Å². The van der Waals surface area contributed by atoms with Gasteiger partial charge in [-0.25, -0.2) is 4.98 Å². The van der Waals surface area contributed by atoms with Gasteiger partial charge in [-0.15, -0.1) is 0 Å². The number of aromatic nitrogens is 1. The number of nitrogens with zero attached hydrogens (tertiary/aromatic N) is 3. The average Bonchev–Trinajstić information content (AvgIpc) is 2.66. The monoisotopic (exact) mass is 415 g/mol. The molecule has 6 heteroatoms. The van der Waals surface area contributed by atoms with Gasteiger partial charge in [-0.3, -0.25) is 9.69 Å². The van der Waals surface area contributed by atoms with Gasteiger partial charge in [0.2, 0.25) is 5.91 Å². The molecular weight excluding hydrogens is 386 g/mol. The molecule has 0 unspecified atom stereocenters. The van der Waals surface area contributed by atoms with Gasteiger partial charge in [-0.1, -0.05) is 18.0 Å². The lowest BCUT2D eigenvalue weighted by atomic mass is 9.84. The van der Waals surface area contributed by atoms with Crippen LogP contribution in [0.1, 0.15) is 36.0 Å². The van der Waals surface area contributed by atoms with Crippen LogP contribution >= 0.6 is 11.6 Å². The Balaban J connectivity index is 1.54. The maximum atomic E-state index is 13.1. The van der Waals surface area contributed by atoms with Gasteiger partial charge in [0.25, 0.3) is 0 Å². The molecule has 4 rings (SSSR count). The summed E-state index contributed by atoms with van der Waals surface area (Å²) in [7, 11) is 0. The minimum atomic E-state index is 0.178. The first-order chi connectivity index (χ1) is 14.0. The fraction of sp³-hybridized carbons (Fsp3) is 0.565. The van der Waals surface area contributed by atoms with E-state index in [2.05, 4.69) is 41.9 Å². The van der Waals surface area contributed by atoms with E-state index in [-0.39, 0.29) is 11.8 Å². The summed E-state index contributed by atoms with van der Waals surface area (Å²) in [5.74, 6) is 0.442. The first-order valence-electron chi connectivity index (χ1n) is 10.7. The van der Waals surface area contributed by atoms with E-state index < -0.39 is 0 Å². The van der Waals surface area contributed by atoms with Gasteiger partial charge >= 0.3 is 0 Å². The molecule has 1 aromatic heterocycles. The zero-order valence-corrected chi connectivity index (χ0v) is 18.2. The molecule has 2 aromatic rings. The summed E-state index contributed by atoms with van der Waals surface area (Å²) in [6, 6.07) is 6.34. The summed E-state index contributed by atoms with van der Waals surface area (Å²) < 4.78 is 5.44. The van der Waals surface area contributed by atoms with Crippen molar-refractivity contribution in [3.63, 3.8) is 0 Å². The molecule has 1 aliphatic carbocycles. The topological polar surface area (TPSA) is 45.7 Å². The smallest absolute Gasteiger partial charge is 0.226 e. The Kier molecular flexibility index (Phi) is 6.38. The molecular formula is C23H30ClN3O2. The number of carbonyl (C=O) groups is 1. The number of morpholine rings is 1. The molecule has 156 valence electrons. The highest BCUT2D eigenvalue weighted by Gasteiger charge is 2.30. The van der Waals surface area contributed by atoms with Crippen molar-refractivity contribution in [2.24, 2.45) is 5.92 Å².